The quantitative estimate of drug-likeness (QED) is 0.719. The van der Waals surface area contributed by atoms with Crippen LogP contribution in [0.15, 0.2) is 0 Å². The molecule has 0 heterocycles. The van der Waals surface area contributed by atoms with E-state index in [9.17, 15) is 9.63 Å². The Labute approximate surface area is 122 Å². The molecule has 4 unspecified atom stereocenters. The minimum absolute atomic E-state index is 0.0929. The van der Waals surface area contributed by atoms with Crippen LogP contribution in [0.3, 0.4) is 0 Å². The van der Waals surface area contributed by atoms with Crippen LogP contribution in [0.25, 0.3) is 0 Å². The highest BCUT2D eigenvalue weighted by Gasteiger charge is 2.34. The van der Waals surface area contributed by atoms with E-state index in [0.717, 1.165) is 32.1 Å². The zero-order valence-corrected chi connectivity index (χ0v) is 13.4. The van der Waals surface area contributed by atoms with Crippen LogP contribution in [0.1, 0.15) is 66.2 Å². The monoisotopic (exact) mass is 290 g/mol. The van der Waals surface area contributed by atoms with E-state index in [0.29, 0.717) is 6.42 Å². The molecule has 0 aliphatic heterocycles. The van der Waals surface area contributed by atoms with Gasteiger partial charge >= 0.3 is 0 Å². The summed E-state index contributed by atoms with van der Waals surface area (Å²) >= 11 is 0. The number of halogens is 1. The number of ether oxygens (including phenoxy) is 1. The number of rotatable bonds is 7. The fraction of sp³-hybridized carbons (Fsp3) is 1.00. The van der Waals surface area contributed by atoms with Crippen LogP contribution >= 0.6 is 0 Å². The summed E-state index contributed by atoms with van der Waals surface area (Å²) in [5.74, 6) is 0.430. The Hall–Kier alpha value is -0.190. The van der Waals surface area contributed by atoms with Crippen LogP contribution in [0, 0.1) is 11.8 Å². The average Bonchev–Trinajstić information content (AvgIpc) is 2.58. The van der Waals surface area contributed by atoms with Gasteiger partial charge in [-0.05, 0) is 61.8 Å². The van der Waals surface area contributed by atoms with E-state index in [1.54, 1.807) is 0 Å². The maximum absolute atomic E-state index is 12.0. The van der Waals surface area contributed by atoms with E-state index in [1.165, 1.54) is 0 Å². The first-order valence-corrected chi connectivity index (χ1v) is 8.05. The molecule has 0 spiro atoms. The van der Waals surface area contributed by atoms with Crippen molar-refractivity contribution in [1.82, 2.24) is 0 Å². The van der Waals surface area contributed by atoms with Crippen molar-refractivity contribution in [3.05, 3.63) is 0 Å². The normalized spacial score (nSPS) is 32.1. The lowest BCUT2D eigenvalue weighted by Crippen LogP contribution is -2.33. The van der Waals surface area contributed by atoms with Crippen molar-refractivity contribution in [3.63, 3.8) is 0 Å². The molecule has 0 aromatic rings. The Balaban J connectivity index is 2.68. The predicted octanol–water partition coefficient (Wildman–Crippen LogP) is 4.04. The lowest BCUT2D eigenvalue weighted by molar-refractivity contribution is -0.140. The molecule has 1 fully saturated rings. The molecule has 0 aromatic heterocycles. The second kappa shape index (κ2) is 8.30. The summed E-state index contributed by atoms with van der Waals surface area (Å²) in [5.41, 5.74) is -0.0929. The molecular formula is C16H31FO3. The van der Waals surface area contributed by atoms with Gasteiger partial charge in [-0.2, -0.15) is 4.94 Å². The maximum Gasteiger partial charge on any atom is 0.0879 e. The molecule has 1 saturated carbocycles. The molecule has 4 heteroatoms. The van der Waals surface area contributed by atoms with E-state index >= 15 is 0 Å². The zero-order chi connectivity index (χ0) is 15.2. The van der Waals surface area contributed by atoms with Crippen LogP contribution in [0.5, 0.6) is 0 Å². The standard InChI is InChI=1S/C16H31FO3/c1-5-16(4,6-2)20-14-7-8-15(18)12(3)13(11-14)9-10-19-17/h12-15,18H,5-11H2,1-4H3. The van der Waals surface area contributed by atoms with E-state index in [-0.39, 0.29) is 36.3 Å². The molecule has 1 rings (SSSR count). The van der Waals surface area contributed by atoms with E-state index in [2.05, 4.69) is 32.6 Å². The van der Waals surface area contributed by atoms with Crippen molar-refractivity contribution in [1.29, 1.82) is 0 Å². The summed E-state index contributed by atoms with van der Waals surface area (Å²) in [6.45, 7) is 8.59. The average molecular weight is 290 g/mol. The SMILES string of the molecule is CCC(C)(CC)OC1CCC(O)C(C)C(CCOF)C1. The summed E-state index contributed by atoms with van der Waals surface area (Å²) in [6, 6.07) is 0. The predicted molar refractivity (Wildman–Crippen MR) is 78.0 cm³/mol. The van der Waals surface area contributed by atoms with Crippen LogP contribution < -0.4 is 0 Å². The van der Waals surface area contributed by atoms with Gasteiger partial charge in [0, 0.05) is 0 Å². The number of aliphatic hydroxyl groups excluding tert-OH is 1. The van der Waals surface area contributed by atoms with Gasteiger partial charge < -0.3 is 9.84 Å². The number of aliphatic hydroxyl groups is 1. The van der Waals surface area contributed by atoms with Gasteiger partial charge in [0.25, 0.3) is 0 Å². The van der Waals surface area contributed by atoms with Crippen LogP contribution in [-0.4, -0.2) is 29.5 Å². The smallest absolute Gasteiger partial charge is 0.0879 e. The third-order valence-electron chi connectivity index (χ3n) is 5.21. The van der Waals surface area contributed by atoms with Crippen molar-refractivity contribution in [2.75, 3.05) is 6.61 Å². The first-order chi connectivity index (χ1) is 9.45. The molecule has 1 aliphatic carbocycles. The van der Waals surface area contributed by atoms with E-state index in [1.807, 2.05) is 0 Å². The molecule has 1 aliphatic rings. The molecule has 0 saturated heterocycles. The Bertz CT molecular complexity index is 268. The van der Waals surface area contributed by atoms with E-state index in [4.69, 9.17) is 4.74 Å². The Kier molecular flexibility index (Phi) is 7.41. The van der Waals surface area contributed by atoms with Gasteiger partial charge in [0.1, 0.15) is 0 Å². The minimum atomic E-state index is -0.317. The molecule has 20 heavy (non-hydrogen) atoms. The summed E-state index contributed by atoms with van der Waals surface area (Å²) in [4.78, 5) is 3.73. The van der Waals surface area contributed by atoms with Gasteiger partial charge in [-0.15, -0.1) is 0 Å². The van der Waals surface area contributed by atoms with Gasteiger partial charge in [-0.3, -0.25) is 0 Å². The number of hydrogen-bond donors (Lipinski definition) is 1. The number of hydrogen-bond acceptors (Lipinski definition) is 3. The molecule has 0 amide bonds. The van der Waals surface area contributed by atoms with Crippen molar-refractivity contribution in [2.45, 2.75) is 84.0 Å². The fourth-order valence-electron chi connectivity index (χ4n) is 3.11. The van der Waals surface area contributed by atoms with Crippen LogP contribution in [0.2, 0.25) is 0 Å². The second-order valence-corrected chi connectivity index (χ2v) is 6.50. The highest BCUT2D eigenvalue weighted by molar-refractivity contribution is 4.84. The van der Waals surface area contributed by atoms with Gasteiger partial charge in [0.05, 0.1) is 24.4 Å². The molecule has 4 atom stereocenters. The topological polar surface area (TPSA) is 38.7 Å². The van der Waals surface area contributed by atoms with Crippen molar-refractivity contribution < 1.29 is 19.3 Å². The third kappa shape index (κ3) is 4.97. The lowest BCUT2D eigenvalue weighted by Gasteiger charge is -2.33. The highest BCUT2D eigenvalue weighted by Crippen LogP contribution is 2.35. The first kappa shape index (κ1) is 17.9. The maximum atomic E-state index is 12.0. The van der Waals surface area contributed by atoms with Crippen molar-refractivity contribution in [2.24, 2.45) is 11.8 Å². The molecule has 0 radical (unpaired) electrons. The largest absolute Gasteiger partial charge is 0.393 e. The van der Waals surface area contributed by atoms with Crippen LogP contribution in [0.4, 0.5) is 4.53 Å². The minimum Gasteiger partial charge on any atom is -0.393 e. The second-order valence-electron chi connectivity index (χ2n) is 6.50. The molecule has 3 nitrogen and oxygen atoms in total. The Morgan fingerprint density at radius 1 is 1.25 bits per heavy atom. The highest BCUT2D eigenvalue weighted by atomic mass is 19.3. The Morgan fingerprint density at radius 3 is 2.45 bits per heavy atom. The molecule has 120 valence electrons. The molecule has 1 N–H and O–H groups in total. The summed E-state index contributed by atoms with van der Waals surface area (Å²) in [5, 5.41) is 10.2. The molecular weight excluding hydrogens is 259 g/mol. The lowest BCUT2D eigenvalue weighted by atomic mass is 9.85. The summed E-state index contributed by atoms with van der Waals surface area (Å²) < 4.78 is 18.3. The summed E-state index contributed by atoms with van der Waals surface area (Å²) in [6.07, 6.45) is 4.98. The van der Waals surface area contributed by atoms with Crippen molar-refractivity contribution >= 4 is 0 Å². The fourth-order valence-corrected chi connectivity index (χ4v) is 3.11. The molecule has 0 aromatic carbocycles. The van der Waals surface area contributed by atoms with Gasteiger partial charge in [0.15, 0.2) is 0 Å². The van der Waals surface area contributed by atoms with Crippen molar-refractivity contribution in [3.8, 4) is 0 Å². The van der Waals surface area contributed by atoms with Crippen LogP contribution in [-0.2, 0) is 9.68 Å². The zero-order valence-electron chi connectivity index (χ0n) is 13.4. The van der Waals surface area contributed by atoms with Gasteiger partial charge in [0.2, 0.25) is 0 Å². The van der Waals surface area contributed by atoms with E-state index < -0.39 is 0 Å². The summed E-state index contributed by atoms with van der Waals surface area (Å²) in [7, 11) is 0. The first-order valence-electron chi connectivity index (χ1n) is 8.05. The third-order valence-corrected chi connectivity index (χ3v) is 5.21. The molecule has 0 bridgehead atoms. The Morgan fingerprint density at radius 2 is 1.90 bits per heavy atom. The van der Waals surface area contributed by atoms with Gasteiger partial charge in [-0.1, -0.05) is 20.8 Å². The van der Waals surface area contributed by atoms with Gasteiger partial charge in [-0.25, -0.2) is 0 Å².